The molecule has 0 aromatic heterocycles. The SMILES string of the molecule is CCC(C)C(=O)COc1ccc(N)cc1. The highest BCUT2D eigenvalue weighted by molar-refractivity contribution is 5.82. The second kappa shape index (κ2) is 5.39. The molecule has 0 amide bonds. The van der Waals surface area contributed by atoms with E-state index in [9.17, 15) is 4.79 Å². The van der Waals surface area contributed by atoms with E-state index in [0.717, 1.165) is 6.42 Å². The summed E-state index contributed by atoms with van der Waals surface area (Å²) in [6.07, 6.45) is 0.851. The molecular formula is C12H17NO2. The van der Waals surface area contributed by atoms with Crippen molar-refractivity contribution in [3.63, 3.8) is 0 Å². The van der Waals surface area contributed by atoms with E-state index in [2.05, 4.69) is 0 Å². The molecule has 0 aliphatic heterocycles. The molecule has 0 aliphatic carbocycles. The first-order valence-electron chi connectivity index (χ1n) is 5.14. The van der Waals surface area contributed by atoms with Crippen molar-refractivity contribution in [1.82, 2.24) is 0 Å². The lowest BCUT2D eigenvalue weighted by atomic mass is 10.1. The lowest BCUT2D eigenvalue weighted by Gasteiger charge is -2.09. The van der Waals surface area contributed by atoms with Gasteiger partial charge in [-0.25, -0.2) is 0 Å². The molecular weight excluding hydrogens is 190 g/mol. The van der Waals surface area contributed by atoms with E-state index in [1.165, 1.54) is 0 Å². The quantitative estimate of drug-likeness (QED) is 0.753. The summed E-state index contributed by atoms with van der Waals surface area (Å²) in [7, 11) is 0. The van der Waals surface area contributed by atoms with Crippen molar-refractivity contribution in [3.05, 3.63) is 24.3 Å². The Kier molecular flexibility index (Phi) is 4.16. The highest BCUT2D eigenvalue weighted by Gasteiger charge is 2.10. The van der Waals surface area contributed by atoms with Crippen molar-refractivity contribution in [2.75, 3.05) is 12.3 Å². The van der Waals surface area contributed by atoms with E-state index >= 15 is 0 Å². The van der Waals surface area contributed by atoms with Crippen LogP contribution in [0, 0.1) is 5.92 Å². The molecule has 0 saturated heterocycles. The molecule has 1 aromatic carbocycles. The van der Waals surface area contributed by atoms with Gasteiger partial charge < -0.3 is 10.5 Å². The summed E-state index contributed by atoms with van der Waals surface area (Å²) in [6, 6.07) is 7.03. The Bertz CT molecular complexity index is 319. The van der Waals surface area contributed by atoms with Gasteiger partial charge in [-0.3, -0.25) is 4.79 Å². The maximum atomic E-state index is 11.5. The van der Waals surface area contributed by atoms with Crippen LogP contribution < -0.4 is 10.5 Å². The maximum Gasteiger partial charge on any atom is 0.172 e. The number of nitrogens with two attached hydrogens (primary N) is 1. The van der Waals surface area contributed by atoms with Crippen LogP contribution in [0.1, 0.15) is 20.3 Å². The highest BCUT2D eigenvalue weighted by atomic mass is 16.5. The lowest BCUT2D eigenvalue weighted by Crippen LogP contribution is -2.18. The third-order valence-electron chi connectivity index (χ3n) is 2.42. The van der Waals surface area contributed by atoms with E-state index in [4.69, 9.17) is 10.5 Å². The number of carbonyl (C=O) groups is 1. The Balaban J connectivity index is 2.43. The fourth-order valence-electron chi connectivity index (χ4n) is 1.09. The maximum absolute atomic E-state index is 11.5. The largest absolute Gasteiger partial charge is 0.486 e. The van der Waals surface area contributed by atoms with E-state index in [0.29, 0.717) is 11.4 Å². The average molecular weight is 207 g/mol. The van der Waals surface area contributed by atoms with Gasteiger partial charge in [-0.05, 0) is 30.7 Å². The molecule has 1 atom stereocenters. The smallest absolute Gasteiger partial charge is 0.172 e. The number of ketones is 1. The van der Waals surface area contributed by atoms with Crippen LogP contribution >= 0.6 is 0 Å². The van der Waals surface area contributed by atoms with Gasteiger partial charge in [-0.2, -0.15) is 0 Å². The molecule has 0 radical (unpaired) electrons. The van der Waals surface area contributed by atoms with Crippen LogP contribution in [0.2, 0.25) is 0 Å². The molecule has 0 aliphatic rings. The van der Waals surface area contributed by atoms with Crippen molar-refractivity contribution >= 4 is 11.5 Å². The summed E-state index contributed by atoms with van der Waals surface area (Å²) >= 11 is 0. The Labute approximate surface area is 90.2 Å². The Morgan fingerprint density at radius 2 is 2.00 bits per heavy atom. The Morgan fingerprint density at radius 3 is 2.53 bits per heavy atom. The first-order chi connectivity index (χ1) is 7.13. The zero-order valence-corrected chi connectivity index (χ0v) is 9.19. The Morgan fingerprint density at radius 1 is 1.40 bits per heavy atom. The van der Waals surface area contributed by atoms with Gasteiger partial charge in [-0.1, -0.05) is 13.8 Å². The first-order valence-corrected chi connectivity index (χ1v) is 5.14. The number of hydrogen-bond donors (Lipinski definition) is 1. The van der Waals surface area contributed by atoms with Gasteiger partial charge in [0.2, 0.25) is 0 Å². The number of anilines is 1. The number of hydrogen-bond acceptors (Lipinski definition) is 3. The fraction of sp³-hybridized carbons (Fsp3) is 0.417. The topological polar surface area (TPSA) is 52.3 Å². The molecule has 3 heteroatoms. The molecule has 1 unspecified atom stereocenters. The number of Topliss-reactive ketones (excluding diaryl/α,β-unsaturated/α-hetero) is 1. The standard InChI is InChI=1S/C12H17NO2/c1-3-9(2)12(14)8-15-11-6-4-10(13)5-7-11/h4-7,9H,3,8,13H2,1-2H3. The molecule has 0 heterocycles. The number of carbonyl (C=O) groups excluding carboxylic acids is 1. The molecule has 82 valence electrons. The number of rotatable bonds is 5. The van der Waals surface area contributed by atoms with Crippen LogP contribution in [-0.2, 0) is 4.79 Å². The Hall–Kier alpha value is -1.51. The lowest BCUT2D eigenvalue weighted by molar-refractivity contribution is -0.124. The van der Waals surface area contributed by atoms with Crippen molar-refractivity contribution in [2.24, 2.45) is 5.92 Å². The molecule has 0 spiro atoms. The van der Waals surface area contributed by atoms with Crippen LogP contribution in [-0.4, -0.2) is 12.4 Å². The molecule has 2 N–H and O–H groups in total. The summed E-state index contributed by atoms with van der Waals surface area (Å²) in [5, 5.41) is 0. The molecule has 3 nitrogen and oxygen atoms in total. The summed E-state index contributed by atoms with van der Waals surface area (Å²) in [6.45, 7) is 4.04. The van der Waals surface area contributed by atoms with Crippen LogP contribution in [0.15, 0.2) is 24.3 Å². The second-order valence-corrected chi connectivity index (χ2v) is 3.63. The molecule has 0 bridgehead atoms. The summed E-state index contributed by atoms with van der Waals surface area (Å²) in [4.78, 5) is 11.5. The van der Waals surface area contributed by atoms with Gasteiger partial charge in [-0.15, -0.1) is 0 Å². The highest BCUT2D eigenvalue weighted by Crippen LogP contribution is 2.13. The normalized spacial score (nSPS) is 12.1. The van der Waals surface area contributed by atoms with Crippen molar-refractivity contribution in [2.45, 2.75) is 20.3 Å². The van der Waals surface area contributed by atoms with Crippen molar-refractivity contribution < 1.29 is 9.53 Å². The molecule has 1 rings (SSSR count). The van der Waals surface area contributed by atoms with Gasteiger partial charge in [0.05, 0.1) is 0 Å². The summed E-state index contributed by atoms with van der Waals surface area (Å²) in [5.74, 6) is 0.883. The van der Waals surface area contributed by atoms with Gasteiger partial charge in [0.1, 0.15) is 12.4 Å². The van der Waals surface area contributed by atoms with E-state index in [-0.39, 0.29) is 18.3 Å². The van der Waals surface area contributed by atoms with E-state index in [1.807, 2.05) is 13.8 Å². The minimum Gasteiger partial charge on any atom is -0.486 e. The predicted molar refractivity (Wildman–Crippen MR) is 60.8 cm³/mol. The minimum atomic E-state index is 0.0683. The number of nitrogen functional groups attached to an aromatic ring is 1. The van der Waals surface area contributed by atoms with Gasteiger partial charge in [0.15, 0.2) is 5.78 Å². The zero-order valence-electron chi connectivity index (χ0n) is 9.19. The van der Waals surface area contributed by atoms with Crippen LogP contribution in [0.5, 0.6) is 5.75 Å². The van der Waals surface area contributed by atoms with Gasteiger partial charge in [0, 0.05) is 11.6 Å². The predicted octanol–water partition coefficient (Wildman–Crippen LogP) is 2.26. The van der Waals surface area contributed by atoms with E-state index in [1.54, 1.807) is 24.3 Å². The molecule has 0 saturated carbocycles. The van der Waals surface area contributed by atoms with Crippen LogP contribution in [0.3, 0.4) is 0 Å². The molecule has 0 fully saturated rings. The zero-order chi connectivity index (χ0) is 11.3. The molecule has 1 aromatic rings. The monoisotopic (exact) mass is 207 g/mol. The molecule has 15 heavy (non-hydrogen) atoms. The average Bonchev–Trinajstić information content (AvgIpc) is 2.26. The van der Waals surface area contributed by atoms with Crippen molar-refractivity contribution in [3.8, 4) is 5.75 Å². The summed E-state index contributed by atoms with van der Waals surface area (Å²) in [5.41, 5.74) is 6.22. The summed E-state index contributed by atoms with van der Waals surface area (Å²) < 4.78 is 5.34. The number of benzene rings is 1. The van der Waals surface area contributed by atoms with Gasteiger partial charge in [0.25, 0.3) is 0 Å². The van der Waals surface area contributed by atoms with Crippen LogP contribution in [0.4, 0.5) is 5.69 Å². The first kappa shape index (κ1) is 11.6. The van der Waals surface area contributed by atoms with Crippen LogP contribution in [0.25, 0.3) is 0 Å². The minimum absolute atomic E-state index is 0.0683. The van der Waals surface area contributed by atoms with Gasteiger partial charge >= 0.3 is 0 Å². The third-order valence-corrected chi connectivity index (χ3v) is 2.42. The van der Waals surface area contributed by atoms with E-state index < -0.39 is 0 Å². The van der Waals surface area contributed by atoms with Crippen molar-refractivity contribution in [1.29, 1.82) is 0 Å². The number of ether oxygens (including phenoxy) is 1. The fourth-order valence-corrected chi connectivity index (χ4v) is 1.09. The third kappa shape index (κ3) is 3.62. The second-order valence-electron chi connectivity index (χ2n) is 3.63.